The van der Waals surface area contributed by atoms with E-state index in [1.807, 2.05) is 6.92 Å². The van der Waals surface area contributed by atoms with E-state index in [-0.39, 0.29) is 10.5 Å². The summed E-state index contributed by atoms with van der Waals surface area (Å²) in [6.45, 7) is 2.69. The largest absolute Gasteiger partial charge is 0.394 e. The van der Waals surface area contributed by atoms with Gasteiger partial charge in [0.25, 0.3) is 0 Å². The van der Waals surface area contributed by atoms with Crippen molar-refractivity contribution in [2.75, 3.05) is 12.4 Å². The number of nitrogens with zero attached hydrogens (tertiary/aromatic N) is 1. The lowest BCUT2D eigenvalue weighted by molar-refractivity contribution is 0.160. The van der Waals surface area contributed by atoms with Gasteiger partial charge in [0.2, 0.25) is 0 Å². The van der Waals surface area contributed by atoms with Crippen molar-refractivity contribution in [2.45, 2.75) is 6.92 Å². The monoisotopic (exact) mass is 131 g/mol. The molecule has 1 atom stereocenters. The van der Waals surface area contributed by atoms with Gasteiger partial charge in [-0.25, -0.2) is 0 Å². The summed E-state index contributed by atoms with van der Waals surface area (Å²) in [5, 5.41) is 4.82. The van der Waals surface area contributed by atoms with Crippen LogP contribution in [0.5, 0.6) is 0 Å². The lowest BCUT2D eigenvalue weighted by Gasteiger charge is -2.10. The fourth-order valence-electron chi connectivity index (χ4n) is 0.475. The molecule has 0 fully saturated rings. The molecule has 8 heavy (non-hydrogen) atoms. The molecule has 0 bridgehead atoms. The van der Waals surface area contributed by atoms with Crippen LogP contribution in [0.3, 0.4) is 0 Å². The smallest absolute Gasteiger partial charge is 0.126 e. The van der Waals surface area contributed by atoms with Gasteiger partial charge < -0.3 is 4.84 Å². The molecule has 1 rings (SSSR count). The van der Waals surface area contributed by atoms with Crippen LogP contribution in [0.15, 0.2) is 5.16 Å². The second-order valence-electron chi connectivity index (χ2n) is 1.64. The van der Waals surface area contributed by atoms with Gasteiger partial charge in [-0.1, -0.05) is 11.0 Å². The molecule has 0 saturated carbocycles. The van der Waals surface area contributed by atoms with E-state index < -0.39 is 0 Å². The highest BCUT2D eigenvalue weighted by atomic mass is 32.2. The van der Waals surface area contributed by atoms with Crippen molar-refractivity contribution in [1.82, 2.24) is 0 Å². The van der Waals surface area contributed by atoms with E-state index >= 15 is 0 Å². The SMILES string of the molecule is C=S1CCON=C1C. The van der Waals surface area contributed by atoms with Crippen LogP contribution in [0.2, 0.25) is 0 Å². The number of oxime groups is 1. The molecule has 0 saturated heterocycles. The fraction of sp³-hybridized carbons (Fsp3) is 0.600. The summed E-state index contributed by atoms with van der Waals surface area (Å²) in [7, 11) is 0.140. The Balaban J connectivity index is 2.67. The standard InChI is InChI=1S/C5H9NOS/c1-5-6-7-3-4-8(5)2/h2-4H2,1H3. The molecule has 1 aliphatic heterocycles. The van der Waals surface area contributed by atoms with Gasteiger partial charge in [-0.2, -0.15) is 0 Å². The Morgan fingerprint density at radius 2 is 2.62 bits per heavy atom. The highest BCUT2D eigenvalue weighted by molar-refractivity contribution is 8.27. The highest BCUT2D eigenvalue weighted by Gasteiger charge is 2.02. The normalized spacial score (nSPS) is 28.6. The van der Waals surface area contributed by atoms with Crippen LogP contribution >= 0.6 is 10.5 Å². The number of hydrogen-bond donors (Lipinski definition) is 0. The van der Waals surface area contributed by atoms with E-state index in [9.17, 15) is 0 Å². The van der Waals surface area contributed by atoms with E-state index in [1.165, 1.54) is 0 Å². The van der Waals surface area contributed by atoms with Crippen molar-refractivity contribution in [3.63, 3.8) is 0 Å². The molecule has 1 aliphatic rings. The predicted molar refractivity (Wildman–Crippen MR) is 38.6 cm³/mol. The van der Waals surface area contributed by atoms with Crippen LogP contribution in [0.25, 0.3) is 0 Å². The summed E-state index contributed by atoms with van der Waals surface area (Å²) in [5.74, 6) is 4.93. The van der Waals surface area contributed by atoms with E-state index in [2.05, 4.69) is 11.0 Å². The maximum Gasteiger partial charge on any atom is 0.126 e. The van der Waals surface area contributed by atoms with Gasteiger partial charge >= 0.3 is 0 Å². The minimum atomic E-state index is 0.140. The molecule has 1 heterocycles. The van der Waals surface area contributed by atoms with Crippen molar-refractivity contribution in [1.29, 1.82) is 0 Å². The fourth-order valence-corrected chi connectivity index (χ4v) is 1.20. The van der Waals surface area contributed by atoms with E-state index in [4.69, 9.17) is 4.84 Å². The lowest BCUT2D eigenvalue weighted by atomic mass is 10.8. The topological polar surface area (TPSA) is 21.6 Å². The first-order chi connectivity index (χ1) is 3.80. The van der Waals surface area contributed by atoms with Crippen LogP contribution in [0.1, 0.15) is 6.92 Å². The van der Waals surface area contributed by atoms with E-state index in [0.29, 0.717) is 0 Å². The third-order valence-corrected chi connectivity index (χ3v) is 2.60. The molecular weight excluding hydrogens is 122 g/mol. The molecule has 0 aromatic carbocycles. The van der Waals surface area contributed by atoms with Crippen LogP contribution in [-0.4, -0.2) is 23.3 Å². The average Bonchev–Trinajstić information content (AvgIpc) is 1.77. The minimum Gasteiger partial charge on any atom is -0.394 e. The zero-order chi connectivity index (χ0) is 5.98. The highest BCUT2D eigenvalue weighted by Crippen LogP contribution is 2.15. The summed E-state index contributed by atoms with van der Waals surface area (Å²) >= 11 is 0. The Labute approximate surface area is 51.5 Å². The zero-order valence-corrected chi connectivity index (χ0v) is 5.70. The number of rotatable bonds is 0. The Morgan fingerprint density at radius 3 is 3.00 bits per heavy atom. The quantitative estimate of drug-likeness (QED) is 0.450. The zero-order valence-electron chi connectivity index (χ0n) is 4.89. The van der Waals surface area contributed by atoms with Crippen molar-refractivity contribution in [3.8, 4) is 0 Å². The van der Waals surface area contributed by atoms with Crippen molar-refractivity contribution in [2.24, 2.45) is 5.16 Å². The first-order valence-electron chi connectivity index (χ1n) is 2.48. The molecule has 0 aromatic heterocycles. The van der Waals surface area contributed by atoms with Crippen LogP contribution in [0.4, 0.5) is 0 Å². The van der Waals surface area contributed by atoms with Crippen LogP contribution in [0, 0.1) is 0 Å². The van der Waals surface area contributed by atoms with Gasteiger partial charge in [0.15, 0.2) is 0 Å². The summed E-state index contributed by atoms with van der Waals surface area (Å²) in [6.07, 6.45) is 0. The van der Waals surface area contributed by atoms with Gasteiger partial charge in [0.1, 0.15) is 11.7 Å². The van der Waals surface area contributed by atoms with Gasteiger partial charge in [-0.3, -0.25) is 0 Å². The third kappa shape index (κ3) is 1.10. The summed E-state index contributed by atoms with van der Waals surface area (Å²) in [5.41, 5.74) is 0. The maximum absolute atomic E-state index is 4.81. The Bertz CT molecular complexity index is 141. The second kappa shape index (κ2) is 2.31. The van der Waals surface area contributed by atoms with Gasteiger partial charge in [-0.15, -0.1) is 10.5 Å². The van der Waals surface area contributed by atoms with Gasteiger partial charge in [-0.05, 0) is 6.92 Å². The Hall–Kier alpha value is -0.310. The molecule has 3 heteroatoms. The predicted octanol–water partition coefficient (Wildman–Crippen LogP) is 1.05. The average molecular weight is 131 g/mol. The second-order valence-corrected chi connectivity index (χ2v) is 3.63. The first kappa shape index (κ1) is 5.82. The Kier molecular flexibility index (Phi) is 1.68. The molecule has 1 unspecified atom stereocenters. The molecule has 0 spiro atoms. The third-order valence-electron chi connectivity index (χ3n) is 1.03. The molecule has 0 N–H and O–H groups in total. The lowest BCUT2D eigenvalue weighted by Crippen LogP contribution is -2.05. The van der Waals surface area contributed by atoms with Crippen LogP contribution in [-0.2, 0) is 4.84 Å². The molecule has 2 nitrogen and oxygen atoms in total. The van der Waals surface area contributed by atoms with E-state index in [1.54, 1.807) is 0 Å². The van der Waals surface area contributed by atoms with Gasteiger partial charge in [0, 0.05) is 5.75 Å². The molecule has 0 aliphatic carbocycles. The van der Waals surface area contributed by atoms with E-state index in [0.717, 1.165) is 17.4 Å². The van der Waals surface area contributed by atoms with Crippen molar-refractivity contribution in [3.05, 3.63) is 0 Å². The molecule has 0 radical (unpaired) electrons. The van der Waals surface area contributed by atoms with Gasteiger partial charge in [0.05, 0.1) is 0 Å². The number of hydrogen-bond acceptors (Lipinski definition) is 2. The first-order valence-corrected chi connectivity index (χ1v) is 4.04. The summed E-state index contributed by atoms with van der Waals surface area (Å²) < 4.78 is 0. The molecule has 0 aromatic rings. The summed E-state index contributed by atoms with van der Waals surface area (Å²) in [4.78, 5) is 4.81. The minimum absolute atomic E-state index is 0.140. The van der Waals surface area contributed by atoms with Crippen LogP contribution < -0.4 is 0 Å². The van der Waals surface area contributed by atoms with Crippen molar-refractivity contribution >= 4 is 21.4 Å². The summed E-state index contributed by atoms with van der Waals surface area (Å²) in [6, 6.07) is 0. The van der Waals surface area contributed by atoms with Crippen molar-refractivity contribution < 1.29 is 4.84 Å². The molecule has 0 amide bonds. The molecule has 46 valence electrons. The molecular formula is C5H9NOS. The maximum atomic E-state index is 4.81. The Morgan fingerprint density at radius 1 is 1.88 bits per heavy atom.